The summed E-state index contributed by atoms with van der Waals surface area (Å²) < 4.78 is 33.1. The molecular formula is C17H12F2N2O. The second-order valence-electron chi connectivity index (χ2n) is 4.97. The van der Waals surface area contributed by atoms with Gasteiger partial charge in [0.25, 0.3) is 0 Å². The summed E-state index contributed by atoms with van der Waals surface area (Å²) in [5.74, 6) is -0.946. The molecule has 0 spiro atoms. The Labute approximate surface area is 126 Å². The van der Waals surface area contributed by atoms with Gasteiger partial charge in [0.05, 0.1) is 11.6 Å². The molecule has 1 aliphatic heterocycles. The van der Waals surface area contributed by atoms with Crippen LogP contribution >= 0.6 is 0 Å². The fraction of sp³-hybridized carbons (Fsp3) is 0.176. The molecule has 0 atom stereocenters. The average Bonchev–Trinajstić information content (AvgIpc) is 2.53. The van der Waals surface area contributed by atoms with E-state index in [-0.39, 0.29) is 23.5 Å². The lowest BCUT2D eigenvalue weighted by Crippen LogP contribution is -2.06. The van der Waals surface area contributed by atoms with Gasteiger partial charge in [-0.1, -0.05) is 6.07 Å². The number of nitrogens with zero attached hydrogens (tertiary/aromatic N) is 2. The number of fused-ring (bicyclic) bond motifs is 1. The molecule has 0 amide bonds. The Bertz CT molecular complexity index is 794. The van der Waals surface area contributed by atoms with Crippen LogP contribution in [-0.4, -0.2) is 12.8 Å². The molecule has 0 bridgehead atoms. The molecule has 0 aromatic heterocycles. The number of hydrogen-bond acceptors (Lipinski definition) is 3. The zero-order valence-electron chi connectivity index (χ0n) is 11.6. The number of ether oxygens (including phenoxy) is 1. The average molecular weight is 298 g/mol. The third-order valence-electron chi connectivity index (χ3n) is 3.50. The third-order valence-corrected chi connectivity index (χ3v) is 3.50. The van der Waals surface area contributed by atoms with Crippen LogP contribution in [0.3, 0.4) is 0 Å². The Morgan fingerprint density at radius 1 is 1.18 bits per heavy atom. The van der Waals surface area contributed by atoms with Crippen molar-refractivity contribution in [2.75, 3.05) is 6.54 Å². The molecular weight excluding hydrogens is 286 g/mol. The molecule has 0 radical (unpaired) electrons. The fourth-order valence-corrected chi connectivity index (χ4v) is 2.29. The maximum absolute atomic E-state index is 14.0. The van der Waals surface area contributed by atoms with Crippen molar-refractivity contribution in [3.05, 3.63) is 64.2 Å². The molecule has 0 unspecified atom stereocenters. The maximum Gasteiger partial charge on any atom is 0.165 e. The zero-order valence-corrected chi connectivity index (χ0v) is 11.6. The molecule has 5 heteroatoms. The topological polar surface area (TPSA) is 45.4 Å². The summed E-state index contributed by atoms with van der Waals surface area (Å²) in [6, 6.07) is 8.97. The molecule has 0 fully saturated rings. The quantitative estimate of drug-likeness (QED) is 0.872. The SMILES string of the molecule is N#Cc1ccc(COc2cc3c(cc2F)CCN=C3)c(F)c1. The van der Waals surface area contributed by atoms with Crippen molar-refractivity contribution in [1.29, 1.82) is 5.26 Å². The molecule has 3 rings (SSSR count). The van der Waals surface area contributed by atoms with Gasteiger partial charge < -0.3 is 4.74 Å². The van der Waals surface area contributed by atoms with Crippen molar-refractivity contribution in [3.63, 3.8) is 0 Å². The maximum atomic E-state index is 14.0. The molecule has 1 aliphatic rings. The summed E-state index contributed by atoms with van der Waals surface area (Å²) in [6.45, 7) is 0.549. The van der Waals surface area contributed by atoms with Gasteiger partial charge in [0.1, 0.15) is 12.4 Å². The van der Waals surface area contributed by atoms with Crippen LogP contribution in [0.5, 0.6) is 5.75 Å². The highest BCUT2D eigenvalue weighted by atomic mass is 19.1. The Balaban J connectivity index is 1.80. The van der Waals surface area contributed by atoms with Crippen molar-refractivity contribution in [2.24, 2.45) is 4.99 Å². The van der Waals surface area contributed by atoms with Crippen LogP contribution in [0.2, 0.25) is 0 Å². The molecule has 0 saturated carbocycles. The molecule has 0 N–H and O–H groups in total. The summed E-state index contributed by atoms with van der Waals surface area (Å²) in [6.07, 6.45) is 2.39. The molecule has 1 heterocycles. The van der Waals surface area contributed by atoms with E-state index in [1.807, 2.05) is 6.07 Å². The minimum atomic E-state index is -0.543. The van der Waals surface area contributed by atoms with E-state index in [2.05, 4.69) is 4.99 Å². The van der Waals surface area contributed by atoms with Crippen LogP contribution in [0, 0.1) is 23.0 Å². The van der Waals surface area contributed by atoms with Crippen molar-refractivity contribution < 1.29 is 13.5 Å². The van der Waals surface area contributed by atoms with Gasteiger partial charge in [-0.25, -0.2) is 8.78 Å². The molecule has 0 saturated heterocycles. The van der Waals surface area contributed by atoms with E-state index in [4.69, 9.17) is 10.00 Å². The summed E-state index contributed by atoms with van der Waals surface area (Å²) in [5.41, 5.74) is 2.22. The van der Waals surface area contributed by atoms with E-state index in [0.29, 0.717) is 13.0 Å². The van der Waals surface area contributed by atoms with Gasteiger partial charge in [0.2, 0.25) is 0 Å². The molecule has 2 aromatic carbocycles. The molecule has 0 aliphatic carbocycles. The van der Waals surface area contributed by atoms with E-state index < -0.39 is 11.6 Å². The number of hydrogen-bond donors (Lipinski definition) is 0. The Morgan fingerprint density at radius 2 is 2.05 bits per heavy atom. The van der Waals surface area contributed by atoms with Gasteiger partial charge in [-0.2, -0.15) is 5.26 Å². The Hall–Kier alpha value is -2.74. The van der Waals surface area contributed by atoms with Gasteiger partial charge in [0.15, 0.2) is 11.6 Å². The number of aliphatic imine (C=N–C) groups is 1. The number of rotatable bonds is 3. The Morgan fingerprint density at radius 3 is 2.82 bits per heavy atom. The van der Waals surface area contributed by atoms with Crippen LogP contribution < -0.4 is 4.74 Å². The first-order valence-corrected chi connectivity index (χ1v) is 6.81. The third kappa shape index (κ3) is 2.82. The monoisotopic (exact) mass is 298 g/mol. The summed E-state index contributed by atoms with van der Waals surface area (Å²) in [4.78, 5) is 4.15. The van der Waals surface area contributed by atoms with Crippen LogP contribution in [0.15, 0.2) is 35.3 Å². The van der Waals surface area contributed by atoms with E-state index >= 15 is 0 Å². The second-order valence-corrected chi connectivity index (χ2v) is 4.97. The van der Waals surface area contributed by atoms with E-state index in [9.17, 15) is 8.78 Å². The molecule has 22 heavy (non-hydrogen) atoms. The van der Waals surface area contributed by atoms with Crippen molar-refractivity contribution in [1.82, 2.24) is 0 Å². The van der Waals surface area contributed by atoms with Crippen LogP contribution in [0.25, 0.3) is 0 Å². The smallest absolute Gasteiger partial charge is 0.165 e. The Kier molecular flexibility index (Phi) is 3.84. The first-order valence-electron chi connectivity index (χ1n) is 6.81. The molecule has 3 nitrogen and oxygen atoms in total. The largest absolute Gasteiger partial charge is 0.486 e. The first kappa shape index (κ1) is 14.2. The van der Waals surface area contributed by atoms with E-state index in [1.54, 1.807) is 12.3 Å². The number of nitriles is 1. The van der Waals surface area contributed by atoms with Gasteiger partial charge >= 0.3 is 0 Å². The summed E-state index contributed by atoms with van der Waals surface area (Å²) >= 11 is 0. The predicted molar refractivity (Wildman–Crippen MR) is 78.0 cm³/mol. The minimum Gasteiger partial charge on any atom is -0.486 e. The summed E-state index contributed by atoms with van der Waals surface area (Å²) in [7, 11) is 0. The van der Waals surface area contributed by atoms with Crippen molar-refractivity contribution >= 4 is 6.21 Å². The lowest BCUT2D eigenvalue weighted by molar-refractivity contribution is 0.284. The van der Waals surface area contributed by atoms with Crippen LogP contribution in [0.1, 0.15) is 22.3 Å². The van der Waals surface area contributed by atoms with Gasteiger partial charge in [0, 0.05) is 18.3 Å². The minimum absolute atomic E-state index is 0.0656. The highest BCUT2D eigenvalue weighted by molar-refractivity contribution is 5.83. The highest BCUT2D eigenvalue weighted by Gasteiger charge is 2.13. The normalized spacial score (nSPS) is 12.6. The standard InChI is InChI=1S/C17H12F2N2O/c18-15-5-11(8-20)1-2-13(15)10-22-17-7-14-9-21-4-3-12(14)6-16(17)19/h1-2,5-7,9H,3-4,10H2. The van der Waals surface area contributed by atoms with Crippen LogP contribution in [-0.2, 0) is 13.0 Å². The lowest BCUT2D eigenvalue weighted by Gasteiger charge is -2.14. The highest BCUT2D eigenvalue weighted by Crippen LogP contribution is 2.25. The lowest BCUT2D eigenvalue weighted by atomic mass is 10.0. The van der Waals surface area contributed by atoms with Crippen molar-refractivity contribution in [3.8, 4) is 11.8 Å². The first-order chi connectivity index (χ1) is 10.7. The summed E-state index contributed by atoms with van der Waals surface area (Å²) in [5, 5.41) is 8.70. The van der Waals surface area contributed by atoms with Gasteiger partial charge in [-0.05, 0) is 41.8 Å². The number of benzene rings is 2. The second kappa shape index (κ2) is 5.94. The van der Waals surface area contributed by atoms with Crippen molar-refractivity contribution in [2.45, 2.75) is 13.0 Å². The predicted octanol–water partition coefficient (Wildman–Crippen LogP) is 3.39. The fourth-order valence-electron chi connectivity index (χ4n) is 2.29. The molecule has 110 valence electrons. The zero-order chi connectivity index (χ0) is 15.5. The van der Waals surface area contributed by atoms with E-state index in [0.717, 1.165) is 17.2 Å². The van der Waals surface area contributed by atoms with Crippen LogP contribution in [0.4, 0.5) is 8.78 Å². The molecule has 2 aromatic rings. The van der Waals surface area contributed by atoms with Gasteiger partial charge in [-0.15, -0.1) is 0 Å². The van der Waals surface area contributed by atoms with E-state index in [1.165, 1.54) is 18.2 Å². The van der Waals surface area contributed by atoms with Gasteiger partial charge in [-0.3, -0.25) is 4.99 Å². The number of halogens is 2.